The van der Waals surface area contributed by atoms with Crippen molar-refractivity contribution in [2.75, 3.05) is 0 Å². The average molecular weight is 315 g/mol. The van der Waals surface area contributed by atoms with Gasteiger partial charge in [0.15, 0.2) is 8.32 Å². The number of nitrogens with two attached hydrogens (primary N) is 1. The van der Waals surface area contributed by atoms with Crippen LogP contribution >= 0.6 is 22.6 Å². The van der Waals surface area contributed by atoms with Crippen molar-refractivity contribution < 1.29 is 4.43 Å². The third-order valence-electron chi connectivity index (χ3n) is 2.63. The van der Waals surface area contributed by atoms with E-state index in [1.54, 1.807) is 0 Å². The van der Waals surface area contributed by atoms with Gasteiger partial charge in [0.2, 0.25) is 0 Å². The van der Waals surface area contributed by atoms with Crippen molar-refractivity contribution >= 4 is 30.9 Å². The van der Waals surface area contributed by atoms with Gasteiger partial charge in [-0.1, -0.05) is 43.4 Å². The minimum absolute atomic E-state index is 0.106. The van der Waals surface area contributed by atoms with E-state index in [-0.39, 0.29) is 15.2 Å². The summed E-state index contributed by atoms with van der Waals surface area (Å²) in [7, 11) is -1.62. The zero-order valence-corrected chi connectivity index (χ0v) is 12.7. The molecule has 0 rings (SSSR count). The Bertz CT molecular complexity index is 165. The molecule has 0 radical (unpaired) electrons. The van der Waals surface area contributed by atoms with Gasteiger partial charge in [0, 0.05) is 6.04 Å². The maximum absolute atomic E-state index is 6.06. The smallest absolute Gasteiger partial charge is 0.193 e. The van der Waals surface area contributed by atoms with Crippen LogP contribution in [0.3, 0.4) is 0 Å². The van der Waals surface area contributed by atoms with Crippen LogP contribution in [0.5, 0.6) is 0 Å². The van der Waals surface area contributed by atoms with E-state index in [4.69, 9.17) is 10.2 Å². The highest BCUT2D eigenvalue weighted by Gasteiger charge is 2.39. The normalized spacial score (nSPS) is 18.5. The van der Waals surface area contributed by atoms with Crippen molar-refractivity contribution in [1.82, 2.24) is 0 Å². The van der Waals surface area contributed by atoms with Gasteiger partial charge in [-0.05, 0) is 25.1 Å². The summed E-state index contributed by atoms with van der Waals surface area (Å²) >= 11 is 2.28. The number of hydrogen-bond donors (Lipinski definition) is 1. The van der Waals surface area contributed by atoms with Crippen molar-refractivity contribution in [3.63, 3.8) is 0 Å². The van der Waals surface area contributed by atoms with Crippen LogP contribution in [0.15, 0.2) is 0 Å². The minimum atomic E-state index is -1.62. The molecule has 4 heteroatoms. The third kappa shape index (κ3) is 4.27. The number of alkyl halides is 1. The fraction of sp³-hybridized carbons (Fsp3) is 1.00. The lowest BCUT2D eigenvalue weighted by atomic mass is 10.2. The molecule has 0 heterocycles. The summed E-state index contributed by atoms with van der Waals surface area (Å²) in [4.78, 5) is 0. The molecule has 0 aromatic rings. The van der Waals surface area contributed by atoms with E-state index in [1.165, 1.54) is 0 Å². The van der Waals surface area contributed by atoms with Crippen LogP contribution in [0, 0.1) is 0 Å². The monoisotopic (exact) mass is 315 g/mol. The third-order valence-corrected chi connectivity index (χ3v) is 8.95. The second-order valence-electron chi connectivity index (χ2n) is 5.09. The molecular weight excluding hydrogens is 293 g/mol. The molecule has 0 aromatic heterocycles. The molecule has 80 valence electrons. The van der Waals surface area contributed by atoms with Gasteiger partial charge in [-0.3, -0.25) is 0 Å². The summed E-state index contributed by atoms with van der Waals surface area (Å²) in [5.74, 6) is 0. The molecule has 0 aromatic carbocycles. The molecule has 0 fully saturated rings. The molecule has 0 saturated heterocycles. The van der Waals surface area contributed by atoms with E-state index < -0.39 is 8.32 Å². The van der Waals surface area contributed by atoms with Crippen molar-refractivity contribution in [2.24, 2.45) is 5.73 Å². The van der Waals surface area contributed by atoms with Crippen LogP contribution in [0.2, 0.25) is 18.1 Å². The summed E-state index contributed by atoms with van der Waals surface area (Å²) in [6.07, 6.45) is 0. The molecular formula is C9H22INOSi. The topological polar surface area (TPSA) is 35.2 Å². The van der Waals surface area contributed by atoms with Crippen LogP contribution in [0.25, 0.3) is 0 Å². The lowest BCUT2D eigenvalue weighted by Gasteiger charge is -2.38. The molecule has 13 heavy (non-hydrogen) atoms. The first-order valence-electron chi connectivity index (χ1n) is 4.65. The number of halogens is 1. The predicted octanol–water partition coefficient (Wildman–Crippen LogP) is 3.12. The van der Waals surface area contributed by atoms with Gasteiger partial charge < -0.3 is 10.2 Å². The van der Waals surface area contributed by atoms with Gasteiger partial charge in [-0.2, -0.15) is 0 Å². The Balaban J connectivity index is 4.34. The Morgan fingerprint density at radius 3 is 1.92 bits per heavy atom. The van der Waals surface area contributed by atoms with Crippen LogP contribution in [-0.4, -0.2) is 18.5 Å². The lowest BCUT2D eigenvalue weighted by Crippen LogP contribution is -2.46. The number of hydrogen-bond acceptors (Lipinski definition) is 2. The van der Waals surface area contributed by atoms with Crippen molar-refractivity contribution in [1.29, 1.82) is 0 Å². The molecule has 2 N–H and O–H groups in total. The van der Waals surface area contributed by atoms with E-state index in [0.29, 0.717) is 0 Å². The molecule has 0 spiro atoms. The summed E-state index contributed by atoms with van der Waals surface area (Å²) < 4.78 is 6.20. The zero-order chi connectivity index (χ0) is 10.9. The van der Waals surface area contributed by atoms with Gasteiger partial charge in [0.1, 0.15) is 4.11 Å². The second kappa shape index (κ2) is 4.59. The van der Waals surface area contributed by atoms with Crippen LogP contribution in [0.4, 0.5) is 0 Å². The maximum atomic E-state index is 6.06. The maximum Gasteiger partial charge on any atom is 0.193 e. The highest BCUT2D eigenvalue weighted by molar-refractivity contribution is 14.1. The predicted molar refractivity (Wildman–Crippen MR) is 69.7 cm³/mol. The van der Waals surface area contributed by atoms with Gasteiger partial charge in [-0.15, -0.1) is 0 Å². The largest absolute Gasteiger partial charge is 0.404 e. The van der Waals surface area contributed by atoms with Crippen molar-refractivity contribution in [3.8, 4) is 0 Å². The molecule has 0 aliphatic rings. The standard InChI is InChI=1S/C9H22INOSi/c1-7(11)8(10)12-13(5,6)9(2,3)4/h7-8H,11H2,1-6H3/t7?,8-/m1/s1. The molecule has 0 saturated carbocycles. The second-order valence-corrected chi connectivity index (χ2v) is 11.1. The van der Waals surface area contributed by atoms with Gasteiger partial charge >= 0.3 is 0 Å². The Hall–Kier alpha value is 0.867. The average Bonchev–Trinajstić information content (AvgIpc) is 1.83. The van der Waals surface area contributed by atoms with E-state index >= 15 is 0 Å². The summed E-state index contributed by atoms with van der Waals surface area (Å²) in [6, 6.07) is 0.106. The Kier molecular flexibility index (Phi) is 4.90. The molecule has 0 aliphatic carbocycles. The molecule has 1 unspecified atom stereocenters. The van der Waals surface area contributed by atoms with Crippen molar-refractivity contribution in [2.45, 2.75) is 56.0 Å². The molecule has 0 bridgehead atoms. The fourth-order valence-corrected chi connectivity index (χ4v) is 3.60. The quantitative estimate of drug-likeness (QED) is 0.493. The van der Waals surface area contributed by atoms with Crippen LogP contribution < -0.4 is 5.73 Å². The van der Waals surface area contributed by atoms with Crippen LogP contribution in [-0.2, 0) is 4.43 Å². The Morgan fingerprint density at radius 2 is 1.69 bits per heavy atom. The Morgan fingerprint density at radius 1 is 1.31 bits per heavy atom. The first-order valence-corrected chi connectivity index (χ1v) is 8.81. The van der Waals surface area contributed by atoms with E-state index in [0.717, 1.165) is 0 Å². The highest BCUT2D eigenvalue weighted by Crippen LogP contribution is 2.38. The fourth-order valence-electron chi connectivity index (χ4n) is 0.566. The Labute approximate surface area is 96.9 Å². The molecule has 0 aliphatic heterocycles. The zero-order valence-electron chi connectivity index (χ0n) is 9.52. The molecule has 0 amide bonds. The lowest BCUT2D eigenvalue weighted by molar-refractivity contribution is 0.252. The first kappa shape index (κ1) is 13.9. The van der Waals surface area contributed by atoms with Gasteiger partial charge in [0.05, 0.1) is 0 Å². The molecule has 2 atom stereocenters. The van der Waals surface area contributed by atoms with Gasteiger partial charge in [-0.25, -0.2) is 0 Å². The summed E-state index contributed by atoms with van der Waals surface area (Å²) in [5, 5.41) is 0.269. The van der Waals surface area contributed by atoms with E-state index in [9.17, 15) is 0 Å². The van der Waals surface area contributed by atoms with E-state index in [2.05, 4.69) is 56.5 Å². The SMILES string of the molecule is CC(N)[C@H](I)O[Si](C)(C)C(C)(C)C. The minimum Gasteiger partial charge on any atom is -0.404 e. The highest BCUT2D eigenvalue weighted by atomic mass is 127. The summed E-state index contributed by atoms with van der Waals surface area (Å²) in [5.41, 5.74) is 5.78. The molecule has 2 nitrogen and oxygen atoms in total. The first-order chi connectivity index (χ1) is 5.58. The van der Waals surface area contributed by atoms with Crippen molar-refractivity contribution in [3.05, 3.63) is 0 Å². The number of rotatable bonds is 3. The summed E-state index contributed by atoms with van der Waals surface area (Å²) in [6.45, 7) is 13.2. The van der Waals surface area contributed by atoms with Crippen LogP contribution in [0.1, 0.15) is 27.7 Å². The van der Waals surface area contributed by atoms with E-state index in [1.807, 2.05) is 6.92 Å². The van der Waals surface area contributed by atoms with Gasteiger partial charge in [0.25, 0.3) is 0 Å².